The first-order chi connectivity index (χ1) is 8.46. The summed E-state index contributed by atoms with van der Waals surface area (Å²) in [5, 5.41) is 8.14. The second-order valence-electron chi connectivity index (χ2n) is 4.86. The van der Waals surface area contributed by atoms with Crippen LogP contribution < -0.4 is 0 Å². The average Bonchev–Trinajstić information content (AvgIpc) is 2.77. The topological polar surface area (TPSA) is 57.0 Å². The Hall–Kier alpha value is -2.17. The number of carbonyl (C=O) groups is 1. The third-order valence-corrected chi connectivity index (χ3v) is 2.09. The Morgan fingerprint density at radius 1 is 1.22 bits per heavy atom. The number of aromatic nitrogens is 3. The standard InChI is InChI=1S/C13H15N3O2/c1-13(2,3)18-12(17)11-9-14-16(15-11)10-7-5-4-6-8-10/h4-9H,1-3H3. The molecule has 1 aromatic carbocycles. The van der Waals surface area contributed by atoms with Crippen molar-refractivity contribution in [2.24, 2.45) is 0 Å². The van der Waals surface area contributed by atoms with Crippen molar-refractivity contribution in [1.82, 2.24) is 15.0 Å². The predicted molar refractivity (Wildman–Crippen MR) is 66.5 cm³/mol. The highest BCUT2D eigenvalue weighted by Crippen LogP contribution is 2.11. The van der Waals surface area contributed by atoms with E-state index in [9.17, 15) is 4.79 Å². The first-order valence-electron chi connectivity index (χ1n) is 5.67. The summed E-state index contributed by atoms with van der Waals surface area (Å²) in [5.41, 5.74) is 0.467. The number of hydrogen-bond acceptors (Lipinski definition) is 4. The van der Waals surface area contributed by atoms with E-state index in [1.54, 1.807) is 0 Å². The van der Waals surface area contributed by atoms with Gasteiger partial charge in [0.2, 0.25) is 0 Å². The molecule has 1 heterocycles. The van der Waals surface area contributed by atoms with E-state index < -0.39 is 11.6 Å². The van der Waals surface area contributed by atoms with E-state index in [0.717, 1.165) is 5.69 Å². The molecular formula is C13H15N3O2. The van der Waals surface area contributed by atoms with E-state index >= 15 is 0 Å². The summed E-state index contributed by atoms with van der Waals surface area (Å²) in [6.45, 7) is 5.44. The Bertz CT molecular complexity index is 541. The van der Waals surface area contributed by atoms with Gasteiger partial charge < -0.3 is 4.74 Å². The normalized spacial score (nSPS) is 11.3. The molecule has 5 nitrogen and oxygen atoms in total. The largest absolute Gasteiger partial charge is 0.455 e. The van der Waals surface area contributed by atoms with Gasteiger partial charge in [0.1, 0.15) is 5.60 Å². The molecule has 0 aliphatic heterocycles. The molecular weight excluding hydrogens is 230 g/mol. The zero-order chi connectivity index (χ0) is 13.2. The van der Waals surface area contributed by atoms with Crippen LogP contribution in [0.3, 0.4) is 0 Å². The maximum atomic E-state index is 11.8. The minimum Gasteiger partial charge on any atom is -0.455 e. The van der Waals surface area contributed by atoms with Gasteiger partial charge in [-0.05, 0) is 32.9 Å². The van der Waals surface area contributed by atoms with Crippen LogP contribution >= 0.6 is 0 Å². The summed E-state index contributed by atoms with van der Waals surface area (Å²) in [5.74, 6) is -0.468. The third kappa shape index (κ3) is 2.94. The molecule has 0 saturated carbocycles. The lowest BCUT2D eigenvalue weighted by Gasteiger charge is -2.18. The Labute approximate surface area is 105 Å². The van der Waals surface area contributed by atoms with Gasteiger partial charge in [-0.3, -0.25) is 0 Å². The van der Waals surface area contributed by atoms with Crippen molar-refractivity contribution >= 4 is 5.97 Å². The SMILES string of the molecule is CC(C)(C)OC(=O)c1cnn(-c2ccccc2)n1. The molecule has 0 bridgehead atoms. The lowest BCUT2D eigenvalue weighted by atomic mass is 10.2. The molecule has 0 saturated heterocycles. The van der Waals surface area contributed by atoms with Crippen LogP contribution in [0.25, 0.3) is 5.69 Å². The first kappa shape index (κ1) is 12.3. The van der Waals surface area contributed by atoms with Crippen molar-refractivity contribution in [1.29, 1.82) is 0 Å². The summed E-state index contributed by atoms with van der Waals surface area (Å²) >= 11 is 0. The smallest absolute Gasteiger partial charge is 0.361 e. The van der Waals surface area contributed by atoms with E-state index in [-0.39, 0.29) is 5.69 Å². The van der Waals surface area contributed by atoms with E-state index in [2.05, 4.69) is 10.2 Å². The molecule has 18 heavy (non-hydrogen) atoms. The Morgan fingerprint density at radius 3 is 2.50 bits per heavy atom. The van der Waals surface area contributed by atoms with Crippen LogP contribution in [-0.4, -0.2) is 26.6 Å². The van der Waals surface area contributed by atoms with Crippen molar-refractivity contribution in [2.75, 3.05) is 0 Å². The fourth-order valence-corrected chi connectivity index (χ4v) is 1.37. The van der Waals surface area contributed by atoms with Gasteiger partial charge in [-0.25, -0.2) is 4.79 Å². The summed E-state index contributed by atoms with van der Waals surface area (Å²) in [6, 6.07) is 9.39. The quantitative estimate of drug-likeness (QED) is 0.761. The van der Waals surface area contributed by atoms with Gasteiger partial charge in [-0.2, -0.15) is 9.90 Å². The van der Waals surface area contributed by atoms with Crippen molar-refractivity contribution in [3.63, 3.8) is 0 Å². The number of ether oxygens (including phenoxy) is 1. The molecule has 0 spiro atoms. The van der Waals surface area contributed by atoms with Gasteiger partial charge in [-0.1, -0.05) is 18.2 Å². The van der Waals surface area contributed by atoms with Gasteiger partial charge in [0.15, 0.2) is 5.69 Å². The van der Waals surface area contributed by atoms with Crippen molar-refractivity contribution in [2.45, 2.75) is 26.4 Å². The molecule has 5 heteroatoms. The molecule has 0 radical (unpaired) electrons. The molecule has 0 amide bonds. The van der Waals surface area contributed by atoms with Crippen molar-refractivity contribution in [3.05, 3.63) is 42.2 Å². The predicted octanol–water partition coefficient (Wildman–Crippen LogP) is 2.22. The van der Waals surface area contributed by atoms with Gasteiger partial charge in [0, 0.05) is 0 Å². The molecule has 0 atom stereocenters. The van der Waals surface area contributed by atoms with Crippen LogP contribution in [0.2, 0.25) is 0 Å². The monoisotopic (exact) mass is 245 g/mol. The summed E-state index contributed by atoms with van der Waals surface area (Å²) in [4.78, 5) is 13.2. The lowest BCUT2D eigenvalue weighted by Crippen LogP contribution is -2.24. The highest BCUT2D eigenvalue weighted by Gasteiger charge is 2.20. The molecule has 2 aromatic rings. The first-order valence-corrected chi connectivity index (χ1v) is 5.67. The van der Waals surface area contributed by atoms with E-state index in [4.69, 9.17) is 4.74 Å². The summed E-state index contributed by atoms with van der Waals surface area (Å²) < 4.78 is 5.22. The molecule has 0 N–H and O–H groups in total. The highest BCUT2D eigenvalue weighted by molar-refractivity contribution is 5.87. The second kappa shape index (κ2) is 4.60. The van der Waals surface area contributed by atoms with E-state index in [1.807, 2.05) is 51.1 Å². The molecule has 0 aliphatic carbocycles. The van der Waals surface area contributed by atoms with Crippen LogP contribution in [0.5, 0.6) is 0 Å². The van der Waals surface area contributed by atoms with Crippen molar-refractivity contribution < 1.29 is 9.53 Å². The Balaban J connectivity index is 2.19. The third-order valence-electron chi connectivity index (χ3n) is 2.09. The maximum absolute atomic E-state index is 11.8. The van der Waals surface area contributed by atoms with Crippen molar-refractivity contribution in [3.8, 4) is 5.69 Å². The second-order valence-corrected chi connectivity index (χ2v) is 4.86. The number of carbonyl (C=O) groups excluding carboxylic acids is 1. The Kier molecular flexibility index (Phi) is 3.14. The van der Waals surface area contributed by atoms with Gasteiger partial charge in [0.25, 0.3) is 0 Å². The molecule has 0 aliphatic rings. The molecule has 1 aromatic heterocycles. The maximum Gasteiger partial charge on any atom is 0.361 e. The lowest BCUT2D eigenvalue weighted by molar-refractivity contribution is 0.00624. The van der Waals surface area contributed by atoms with Crippen LogP contribution in [0.15, 0.2) is 36.5 Å². The number of para-hydroxylation sites is 1. The number of rotatable bonds is 2. The van der Waals surface area contributed by atoms with Crippen LogP contribution in [0, 0.1) is 0 Å². The fraction of sp³-hybridized carbons (Fsp3) is 0.308. The zero-order valence-electron chi connectivity index (χ0n) is 10.6. The minimum atomic E-state index is -0.534. The summed E-state index contributed by atoms with van der Waals surface area (Å²) in [6.07, 6.45) is 1.40. The van der Waals surface area contributed by atoms with Gasteiger partial charge in [0.05, 0.1) is 11.9 Å². The van der Waals surface area contributed by atoms with E-state index in [1.165, 1.54) is 11.0 Å². The van der Waals surface area contributed by atoms with E-state index in [0.29, 0.717) is 0 Å². The number of benzene rings is 1. The molecule has 0 fully saturated rings. The number of hydrogen-bond donors (Lipinski definition) is 0. The van der Waals surface area contributed by atoms with Gasteiger partial charge >= 0.3 is 5.97 Å². The zero-order valence-corrected chi connectivity index (χ0v) is 10.6. The molecule has 94 valence electrons. The van der Waals surface area contributed by atoms with Crippen LogP contribution in [0.1, 0.15) is 31.3 Å². The molecule has 0 unspecified atom stereocenters. The minimum absolute atomic E-state index is 0.203. The number of nitrogens with zero attached hydrogens (tertiary/aromatic N) is 3. The average molecular weight is 245 g/mol. The molecule has 2 rings (SSSR count). The van der Waals surface area contributed by atoms with Crippen LogP contribution in [0.4, 0.5) is 0 Å². The Morgan fingerprint density at radius 2 is 1.89 bits per heavy atom. The van der Waals surface area contributed by atoms with Gasteiger partial charge in [-0.15, -0.1) is 5.10 Å². The van der Waals surface area contributed by atoms with Crippen LogP contribution in [-0.2, 0) is 4.74 Å². The highest BCUT2D eigenvalue weighted by atomic mass is 16.6. The number of esters is 1. The summed E-state index contributed by atoms with van der Waals surface area (Å²) in [7, 11) is 0. The fourth-order valence-electron chi connectivity index (χ4n) is 1.37.